The van der Waals surface area contributed by atoms with E-state index in [0.717, 1.165) is 39.0 Å². The van der Waals surface area contributed by atoms with Crippen LogP contribution in [0, 0.1) is 0 Å². The van der Waals surface area contributed by atoms with E-state index in [1.54, 1.807) is 6.92 Å². The molecule has 0 unspecified atom stereocenters. The lowest BCUT2D eigenvalue weighted by atomic mass is 10.1. The van der Waals surface area contributed by atoms with E-state index < -0.39 is 9.84 Å². The van der Waals surface area contributed by atoms with Crippen molar-refractivity contribution in [1.82, 2.24) is 10.2 Å². The van der Waals surface area contributed by atoms with Crippen LogP contribution >= 0.6 is 0 Å². The summed E-state index contributed by atoms with van der Waals surface area (Å²) >= 11 is 0. The predicted molar refractivity (Wildman–Crippen MR) is 72.1 cm³/mol. The van der Waals surface area contributed by atoms with Gasteiger partial charge in [0.05, 0.1) is 5.75 Å². The first-order chi connectivity index (χ1) is 7.85. The Morgan fingerprint density at radius 1 is 1.35 bits per heavy atom. The van der Waals surface area contributed by atoms with E-state index in [1.807, 2.05) is 0 Å². The molecule has 0 amide bonds. The van der Waals surface area contributed by atoms with Crippen LogP contribution in [0.3, 0.4) is 0 Å². The molecular weight excluding hydrogens is 236 g/mol. The lowest BCUT2D eigenvalue weighted by molar-refractivity contribution is 0.232. The van der Waals surface area contributed by atoms with Crippen LogP contribution in [0.15, 0.2) is 0 Å². The van der Waals surface area contributed by atoms with Gasteiger partial charge in [0.2, 0.25) is 0 Å². The van der Waals surface area contributed by atoms with Gasteiger partial charge in [-0.05, 0) is 46.3 Å². The lowest BCUT2D eigenvalue weighted by Crippen LogP contribution is -2.46. The number of hydrogen-bond acceptors (Lipinski definition) is 4. The van der Waals surface area contributed by atoms with Gasteiger partial charge < -0.3 is 10.2 Å². The van der Waals surface area contributed by atoms with Crippen molar-refractivity contribution >= 4 is 9.84 Å². The highest BCUT2D eigenvalue weighted by Crippen LogP contribution is 2.11. The molecule has 0 aliphatic carbocycles. The summed E-state index contributed by atoms with van der Waals surface area (Å²) in [6.07, 6.45) is 1.90. The molecule has 1 saturated heterocycles. The maximum atomic E-state index is 11.4. The molecule has 1 N–H and O–H groups in total. The highest BCUT2D eigenvalue weighted by atomic mass is 32.2. The van der Waals surface area contributed by atoms with Gasteiger partial charge in [0.25, 0.3) is 0 Å². The number of nitrogens with one attached hydrogen (secondary N) is 1. The molecule has 0 aromatic rings. The van der Waals surface area contributed by atoms with E-state index >= 15 is 0 Å². The van der Waals surface area contributed by atoms with Crippen molar-refractivity contribution in [2.75, 3.05) is 37.7 Å². The zero-order valence-corrected chi connectivity index (χ0v) is 12.1. The smallest absolute Gasteiger partial charge is 0.150 e. The fourth-order valence-electron chi connectivity index (χ4n) is 2.27. The van der Waals surface area contributed by atoms with Crippen LogP contribution in [0.25, 0.3) is 0 Å². The van der Waals surface area contributed by atoms with E-state index in [0.29, 0.717) is 5.75 Å². The molecule has 1 aliphatic heterocycles. The summed E-state index contributed by atoms with van der Waals surface area (Å²) in [4.78, 5) is 2.38. The first kappa shape index (κ1) is 14.9. The molecule has 0 aromatic heterocycles. The predicted octanol–water partition coefficient (Wildman–Crippen LogP) is 0.885. The number of rotatable bonds is 5. The summed E-state index contributed by atoms with van der Waals surface area (Å²) < 4.78 is 22.8. The third kappa shape index (κ3) is 5.84. The van der Waals surface area contributed by atoms with Crippen LogP contribution in [-0.2, 0) is 9.84 Å². The highest BCUT2D eigenvalue weighted by molar-refractivity contribution is 7.91. The quantitative estimate of drug-likeness (QED) is 0.799. The molecule has 17 heavy (non-hydrogen) atoms. The minimum absolute atomic E-state index is 0.139. The van der Waals surface area contributed by atoms with Crippen LogP contribution < -0.4 is 5.32 Å². The molecule has 1 aliphatic rings. The molecule has 0 radical (unpaired) electrons. The molecular formula is C12H26N2O2S. The second-order valence-corrected chi connectivity index (χ2v) is 8.00. The Bertz CT molecular complexity index is 325. The van der Waals surface area contributed by atoms with Crippen molar-refractivity contribution < 1.29 is 8.42 Å². The van der Waals surface area contributed by atoms with Crippen molar-refractivity contribution in [3.63, 3.8) is 0 Å². The normalized spacial score (nSPS) is 22.3. The van der Waals surface area contributed by atoms with Crippen molar-refractivity contribution in [2.45, 2.75) is 39.2 Å². The van der Waals surface area contributed by atoms with Crippen LogP contribution in [0.2, 0.25) is 0 Å². The minimum atomic E-state index is -2.80. The van der Waals surface area contributed by atoms with Crippen LogP contribution in [0.5, 0.6) is 0 Å². The highest BCUT2D eigenvalue weighted by Gasteiger charge is 2.23. The first-order valence-corrected chi connectivity index (χ1v) is 8.34. The maximum Gasteiger partial charge on any atom is 0.150 e. The first-order valence-electron chi connectivity index (χ1n) is 6.52. The third-order valence-corrected chi connectivity index (χ3v) is 5.03. The average Bonchev–Trinajstić information content (AvgIpc) is 2.39. The molecule has 1 fully saturated rings. The molecule has 1 rings (SSSR count). The van der Waals surface area contributed by atoms with Gasteiger partial charge in [-0.3, -0.25) is 0 Å². The van der Waals surface area contributed by atoms with Crippen molar-refractivity contribution in [2.24, 2.45) is 0 Å². The fourth-order valence-corrected chi connectivity index (χ4v) is 3.12. The molecule has 0 saturated carbocycles. The summed E-state index contributed by atoms with van der Waals surface area (Å²) in [6, 6.07) is 0. The summed E-state index contributed by atoms with van der Waals surface area (Å²) in [7, 11) is -2.80. The Labute approximate surface area is 106 Å². The second kappa shape index (κ2) is 6.16. The summed E-state index contributed by atoms with van der Waals surface area (Å²) in [5.74, 6) is 0.591. The monoisotopic (exact) mass is 262 g/mol. The van der Waals surface area contributed by atoms with Gasteiger partial charge in [-0.1, -0.05) is 6.92 Å². The number of nitrogens with zero attached hydrogens (tertiary/aromatic N) is 1. The van der Waals surface area contributed by atoms with Gasteiger partial charge in [0.15, 0.2) is 0 Å². The SMILES string of the molecule is CCS(=O)(=O)CCCN1CCCNC(C)(C)C1. The molecule has 102 valence electrons. The summed E-state index contributed by atoms with van der Waals surface area (Å²) in [5.41, 5.74) is 0.139. The Kier molecular flexibility index (Phi) is 5.41. The standard InChI is InChI=1S/C12H26N2O2S/c1-4-17(15,16)10-6-9-14-8-5-7-13-12(2,3)11-14/h13H,4-11H2,1-3H3. The maximum absolute atomic E-state index is 11.4. The van der Waals surface area contributed by atoms with Crippen LogP contribution in [-0.4, -0.2) is 56.5 Å². The van der Waals surface area contributed by atoms with Crippen molar-refractivity contribution in [1.29, 1.82) is 0 Å². The Balaban J connectivity index is 2.36. The topological polar surface area (TPSA) is 49.4 Å². The second-order valence-electron chi connectivity index (χ2n) is 5.53. The van der Waals surface area contributed by atoms with Gasteiger partial charge in [0.1, 0.15) is 9.84 Å². The molecule has 4 nitrogen and oxygen atoms in total. The Morgan fingerprint density at radius 3 is 2.71 bits per heavy atom. The molecule has 1 heterocycles. The van der Waals surface area contributed by atoms with E-state index in [4.69, 9.17) is 0 Å². The van der Waals surface area contributed by atoms with Gasteiger partial charge in [0, 0.05) is 17.8 Å². The largest absolute Gasteiger partial charge is 0.310 e. The fraction of sp³-hybridized carbons (Fsp3) is 1.00. The average molecular weight is 262 g/mol. The Hall–Kier alpha value is -0.130. The zero-order valence-electron chi connectivity index (χ0n) is 11.3. The van der Waals surface area contributed by atoms with Gasteiger partial charge in [-0.2, -0.15) is 0 Å². The van der Waals surface area contributed by atoms with Gasteiger partial charge >= 0.3 is 0 Å². The third-order valence-electron chi connectivity index (χ3n) is 3.24. The molecule has 0 atom stereocenters. The number of hydrogen-bond donors (Lipinski definition) is 1. The minimum Gasteiger partial charge on any atom is -0.310 e. The summed E-state index contributed by atoms with van der Waals surface area (Å²) in [6.45, 7) is 10.1. The van der Waals surface area contributed by atoms with Gasteiger partial charge in [-0.15, -0.1) is 0 Å². The van der Waals surface area contributed by atoms with Crippen molar-refractivity contribution in [3.05, 3.63) is 0 Å². The van der Waals surface area contributed by atoms with E-state index in [1.165, 1.54) is 0 Å². The van der Waals surface area contributed by atoms with Crippen LogP contribution in [0.4, 0.5) is 0 Å². The molecule has 0 aromatic carbocycles. The lowest BCUT2D eigenvalue weighted by Gasteiger charge is -2.29. The van der Waals surface area contributed by atoms with E-state index in [-0.39, 0.29) is 11.3 Å². The number of sulfone groups is 1. The summed E-state index contributed by atoms with van der Waals surface area (Å²) in [5, 5.41) is 3.51. The molecule has 5 heteroatoms. The van der Waals surface area contributed by atoms with E-state index in [9.17, 15) is 8.42 Å². The van der Waals surface area contributed by atoms with E-state index in [2.05, 4.69) is 24.1 Å². The van der Waals surface area contributed by atoms with Crippen LogP contribution in [0.1, 0.15) is 33.6 Å². The molecule has 0 bridgehead atoms. The zero-order chi connectivity index (χ0) is 12.9. The molecule has 0 spiro atoms. The van der Waals surface area contributed by atoms with Crippen molar-refractivity contribution in [3.8, 4) is 0 Å². The van der Waals surface area contributed by atoms with Gasteiger partial charge in [-0.25, -0.2) is 8.42 Å². The Morgan fingerprint density at radius 2 is 2.06 bits per heavy atom.